The third kappa shape index (κ3) is 6.32. The van der Waals surface area contributed by atoms with Crippen LogP contribution >= 0.6 is 0 Å². The summed E-state index contributed by atoms with van der Waals surface area (Å²) in [6.45, 7) is 1.68. The van der Waals surface area contributed by atoms with Crippen molar-refractivity contribution in [2.45, 2.75) is 63.0 Å². The van der Waals surface area contributed by atoms with Crippen LogP contribution in [0.15, 0.2) is 65.2 Å². The number of hydrogen-bond donors (Lipinski definition) is 2. The van der Waals surface area contributed by atoms with E-state index in [4.69, 9.17) is 4.42 Å². The lowest BCUT2D eigenvalue weighted by Crippen LogP contribution is -2.54. The summed E-state index contributed by atoms with van der Waals surface area (Å²) in [6, 6.07) is 17.4. The van der Waals surface area contributed by atoms with Gasteiger partial charge in [0, 0.05) is 42.5 Å². The molecule has 1 aromatic heterocycles. The first-order valence-electron chi connectivity index (χ1n) is 12.6. The molecule has 0 radical (unpaired) electrons. The van der Waals surface area contributed by atoms with Gasteiger partial charge in [-0.3, -0.25) is 0 Å². The maximum atomic E-state index is 12.5. The van der Waals surface area contributed by atoms with E-state index in [9.17, 15) is 13.2 Å². The zero-order chi connectivity index (χ0) is 25.0. The second-order valence-corrected chi connectivity index (χ2v) is 9.53. The number of nitrogens with one attached hydrogen (secondary N) is 2. The number of nitrogens with zero attached hydrogens (tertiary/aromatic N) is 2. The van der Waals surface area contributed by atoms with Gasteiger partial charge < -0.3 is 24.7 Å². The van der Waals surface area contributed by atoms with Crippen LogP contribution in [-0.4, -0.2) is 42.6 Å². The summed E-state index contributed by atoms with van der Waals surface area (Å²) in [5.41, 5.74) is 1.90. The Kier molecular flexibility index (Phi) is 7.36. The van der Waals surface area contributed by atoms with E-state index in [0.717, 1.165) is 62.2 Å². The predicted octanol–water partition coefficient (Wildman–Crippen LogP) is 6.22. The van der Waals surface area contributed by atoms with Gasteiger partial charge in [-0.05, 0) is 49.9 Å². The lowest BCUT2D eigenvalue weighted by atomic mass is 9.89. The van der Waals surface area contributed by atoms with E-state index < -0.39 is 6.36 Å². The van der Waals surface area contributed by atoms with Crippen LogP contribution in [0.3, 0.4) is 0 Å². The van der Waals surface area contributed by atoms with Crippen LogP contribution in [0, 0.1) is 0 Å². The number of ether oxygens (including phenoxy) is 1. The Labute approximate surface area is 208 Å². The summed E-state index contributed by atoms with van der Waals surface area (Å²) in [5, 5.41) is 7.38. The molecular weight excluding hydrogens is 469 g/mol. The number of piperidine rings is 1. The Morgan fingerprint density at radius 2 is 1.67 bits per heavy atom. The fraction of sp³-hybridized carbons (Fsp3) is 0.444. The molecule has 0 spiro atoms. The summed E-state index contributed by atoms with van der Waals surface area (Å²) in [6.07, 6.45) is 3.60. The molecule has 6 nitrogen and oxygen atoms in total. The zero-order valence-electron chi connectivity index (χ0n) is 20.0. The van der Waals surface area contributed by atoms with Crippen molar-refractivity contribution in [2.75, 3.05) is 23.3 Å². The van der Waals surface area contributed by atoms with Crippen LogP contribution in [0.1, 0.15) is 38.5 Å². The molecule has 0 unspecified atom stereocenters. The smallest absolute Gasteiger partial charge is 0.424 e. The highest BCUT2D eigenvalue weighted by atomic mass is 19.4. The summed E-state index contributed by atoms with van der Waals surface area (Å²) in [7, 11) is 0. The number of benzene rings is 2. The minimum absolute atomic E-state index is 0.198. The quantitative estimate of drug-likeness (QED) is 0.402. The highest BCUT2D eigenvalue weighted by molar-refractivity contribution is 5.57. The van der Waals surface area contributed by atoms with Gasteiger partial charge in [-0.25, -0.2) is 4.98 Å². The SMILES string of the molecule is FC(F)(F)Oc1ccc(N2CCC[C@H](N[C@@H]3CCCC[C@H]3Nc3ncc(-c4ccccc4)o3)C2)cc1. The van der Waals surface area contributed by atoms with Crippen LogP contribution in [0.25, 0.3) is 11.3 Å². The number of aromatic nitrogens is 1. The molecule has 2 aliphatic rings. The Morgan fingerprint density at radius 3 is 2.42 bits per heavy atom. The molecular formula is C27H31F3N4O2. The molecule has 3 atom stereocenters. The van der Waals surface area contributed by atoms with Crippen molar-refractivity contribution in [3.8, 4) is 17.1 Å². The molecule has 36 heavy (non-hydrogen) atoms. The van der Waals surface area contributed by atoms with E-state index in [-0.39, 0.29) is 11.8 Å². The normalized spacial score (nSPS) is 22.9. The summed E-state index contributed by atoms with van der Waals surface area (Å²) < 4.78 is 47.4. The van der Waals surface area contributed by atoms with Gasteiger partial charge in [0.15, 0.2) is 5.76 Å². The van der Waals surface area contributed by atoms with Crippen molar-refractivity contribution in [3.63, 3.8) is 0 Å². The monoisotopic (exact) mass is 500 g/mol. The minimum Gasteiger partial charge on any atom is -0.424 e. The maximum absolute atomic E-state index is 12.5. The van der Waals surface area contributed by atoms with Gasteiger partial charge in [0.05, 0.1) is 6.20 Å². The molecule has 5 rings (SSSR count). The van der Waals surface area contributed by atoms with Crippen LogP contribution in [-0.2, 0) is 0 Å². The lowest BCUT2D eigenvalue weighted by molar-refractivity contribution is -0.274. The van der Waals surface area contributed by atoms with Crippen molar-refractivity contribution in [1.82, 2.24) is 10.3 Å². The average molecular weight is 501 g/mol. The second kappa shape index (κ2) is 10.8. The first-order valence-corrected chi connectivity index (χ1v) is 12.6. The van der Waals surface area contributed by atoms with Gasteiger partial charge >= 0.3 is 6.36 Å². The van der Waals surface area contributed by atoms with E-state index in [1.807, 2.05) is 30.3 Å². The zero-order valence-corrected chi connectivity index (χ0v) is 20.0. The molecule has 2 fully saturated rings. The molecule has 2 aromatic carbocycles. The van der Waals surface area contributed by atoms with Gasteiger partial charge in [0.25, 0.3) is 6.01 Å². The standard InChI is InChI=1S/C27H31F3N4O2/c28-27(29,30)36-22-14-12-21(13-15-22)34-16-6-9-20(18-34)32-23-10-4-5-11-24(23)33-26-31-17-25(35-26)19-7-2-1-3-8-19/h1-3,7-8,12-15,17,20,23-24,32H,4-6,9-11,16,18H2,(H,31,33)/t20-,23+,24+/m0/s1. The Balaban J connectivity index is 1.19. The van der Waals surface area contributed by atoms with E-state index in [2.05, 4.69) is 25.3 Å². The maximum Gasteiger partial charge on any atom is 0.573 e. The van der Waals surface area contributed by atoms with Gasteiger partial charge in [-0.1, -0.05) is 43.2 Å². The number of alkyl halides is 3. The Morgan fingerprint density at radius 1 is 0.917 bits per heavy atom. The van der Waals surface area contributed by atoms with Gasteiger partial charge in [-0.2, -0.15) is 0 Å². The molecule has 2 heterocycles. The van der Waals surface area contributed by atoms with Gasteiger partial charge in [0.1, 0.15) is 5.75 Å². The lowest BCUT2D eigenvalue weighted by Gasteiger charge is -2.40. The third-order valence-electron chi connectivity index (χ3n) is 6.95. The molecule has 1 aliphatic heterocycles. The number of halogens is 3. The Bertz CT molecular complexity index is 1100. The highest BCUT2D eigenvalue weighted by Crippen LogP contribution is 2.29. The van der Waals surface area contributed by atoms with Crippen molar-refractivity contribution in [2.24, 2.45) is 0 Å². The number of rotatable bonds is 7. The van der Waals surface area contributed by atoms with Crippen LogP contribution in [0.4, 0.5) is 24.9 Å². The first-order chi connectivity index (χ1) is 17.4. The molecule has 1 aliphatic carbocycles. The van der Waals surface area contributed by atoms with E-state index >= 15 is 0 Å². The molecule has 2 N–H and O–H groups in total. The average Bonchev–Trinajstić information content (AvgIpc) is 3.34. The summed E-state index contributed by atoms with van der Waals surface area (Å²) in [4.78, 5) is 6.68. The third-order valence-corrected chi connectivity index (χ3v) is 6.95. The Hall–Kier alpha value is -3.20. The molecule has 9 heteroatoms. The van der Waals surface area contributed by atoms with Crippen LogP contribution in [0.2, 0.25) is 0 Å². The predicted molar refractivity (Wildman–Crippen MR) is 133 cm³/mol. The van der Waals surface area contributed by atoms with Crippen molar-refractivity contribution >= 4 is 11.7 Å². The van der Waals surface area contributed by atoms with Crippen molar-refractivity contribution in [1.29, 1.82) is 0 Å². The molecule has 3 aromatic rings. The molecule has 192 valence electrons. The van der Waals surface area contributed by atoms with Crippen molar-refractivity contribution in [3.05, 3.63) is 60.8 Å². The molecule has 1 saturated carbocycles. The van der Waals surface area contributed by atoms with Crippen LogP contribution < -0.4 is 20.3 Å². The molecule has 0 bridgehead atoms. The number of anilines is 2. The highest BCUT2D eigenvalue weighted by Gasteiger charge is 2.32. The number of hydrogen-bond acceptors (Lipinski definition) is 6. The van der Waals surface area contributed by atoms with Gasteiger partial charge in [0.2, 0.25) is 0 Å². The van der Waals surface area contributed by atoms with E-state index in [0.29, 0.717) is 18.1 Å². The summed E-state index contributed by atoms with van der Waals surface area (Å²) >= 11 is 0. The minimum atomic E-state index is -4.68. The molecule has 0 amide bonds. The fourth-order valence-corrected chi connectivity index (χ4v) is 5.25. The van der Waals surface area contributed by atoms with Crippen molar-refractivity contribution < 1.29 is 22.3 Å². The topological polar surface area (TPSA) is 62.6 Å². The van der Waals surface area contributed by atoms with E-state index in [1.54, 1.807) is 18.3 Å². The molecule has 1 saturated heterocycles. The fourth-order valence-electron chi connectivity index (χ4n) is 5.25. The number of oxazole rings is 1. The summed E-state index contributed by atoms with van der Waals surface area (Å²) in [5.74, 6) is 0.545. The second-order valence-electron chi connectivity index (χ2n) is 9.53. The van der Waals surface area contributed by atoms with Crippen LogP contribution in [0.5, 0.6) is 5.75 Å². The largest absolute Gasteiger partial charge is 0.573 e. The first kappa shape index (κ1) is 24.5. The van der Waals surface area contributed by atoms with E-state index in [1.165, 1.54) is 18.6 Å². The van der Waals surface area contributed by atoms with Gasteiger partial charge in [-0.15, -0.1) is 13.2 Å².